The Bertz CT molecular complexity index is 590. The Morgan fingerprint density at radius 3 is 2.90 bits per heavy atom. The maximum absolute atomic E-state index is 6.37. The van der Waals surface area contributed by atoms with Crippen LogP contribution in [0.5, 0.6) is 0 Å². The van der Waals surface area contributed by atoms with E-state index in [1.165, 1.54) is 19.3 Å². The molecule has 1 unspecified atom stereocenters. The molecule has 1 N–H and O–H groups in total. The van der Waals surface area contributed by atoms with E-state index >= 15 is 0 Å². The molecular formula is C16H20ClN3. The SMILES string of the molecule is CC1(C)CCC(Nc2cccc(Cl)c2-n2ccnc2)C1. The Hall–Kier alpha value is -1.48. The second-order valence-electron chi connectivity index (χ2n) is 6.35. The van der Waals surface area contributed by atoms with Crippen LogP contribution in [-0.4, -0.2) is 15.6 Å². The summed E-state index contributed by atoms with van der Waals surface area (Å²) in [5, 5.41) is 4.40. The van der Waals surface area contributed by atoms with Gasteiger partial charge in [-0.05, 0) is 36.8 Å². The number of rotatable bonds is 3. The molecular weight excluding hydrogens is 270 g/mol. The third kappa shape index (κ3) is 2.68. The van der Waals surface area contributed by atoms with Gasteiger partial charge in [0.15, 0.2) is 0 Å². The fourth-order valence-electron chi connectivity index (χ4n) is 3.06. The predicted octanol–water partition coefficient (Wildman–Crippen LogP) is 4.52. The van der Waals surface area contributed by atoms with Gasteiger partial charge in [-0.15, -0.1) is 0 Å². The van der Waals surface area contributed by atoms with Crippen molar-refractivity contribution in [3.05, 3.63) is 41.9 Å². The minimum absolute atomic E-state index is 0.436. The topological polar surface area (TPSA) is 29.9 Å². The molecule has 4 heteroatoms. The monoisotopic (exact) mass is 289 g/mol. The van der Waals surface area contributed by atoms with E-state index < -0.39 is 0 Å². The van der Waals surface area contributed by atoms with Crippen molar-refractivity contribution >= 4 is 17.3 Å². The first-order valence-electron chi connectivity index (χ1n) is 7.09. The van der Waals surface area contributed by atoms with Gasteiger partial charge in [0, 0.05) is 18.4 Å². The molecule has 0 saturated heterocycles. The zero-order valence-electron chi connectivity index (χ0n) is 11.9. The summed E-state index contributed by atoms with van der Waals surface area (Å²) in [4.78, 5) is 4.11. The molecule has 1 aliphatic carbocycles. The van der Waals surface area contributed by atoms with Gasteiger partial charge in [0.1, 0.15) is 0 Å². The van der Waals surface area contributed by atoms with Crippen molar-refractivity contribution in [3.8, 4) is 5.69 Å². The Balaban J connectivity index is 1.89. The normalized spacial score (nSPS) is 21.1. The predicted molar refractivity (Wildman–Crippen MR) is 83.6 cm³/mol. The van der Waals surface area contributed by atoms with E-state index in [4.69, 9.17) is 11.6 Å². The van der Waals surface area contributed by atoms with Crippen LogP contribution in [0.15, 0.2) is 36.9 Å². The molecule has 20 heavy (non-hydrogen) atoms. The van der Waals surface area contributed by atoms with Crippen molar-refractivity contribution < 1.29 is 0 Å². The number of anilines is 1. The van der Waals surface area contributed by atoms with E-state index in [0.29, 0.717) is 11.5 Å². The summed E-state index contributed by atoms with van der Waals surface area (Å²) in [5.41, 5.74) is 2.50. The Labute approximate surface area is 125 Å². The molecule has 1 saturated carbocycles. The maximum atomic E-state index is 6.37. The van der Waals surface area contributed by atoms with Crippen LogP contribution in [-0.2, 0) is 0 Å². The van der Waals surface area contributed by atoms with Gasteiger partial charge in [0.05, 0.1) is 22.7 Å². The number of aromatic nitrogens is 2. The average molecular weight is 290 g/mol. The molecule has 106 valence electrons. The molecule has 1 atom stereocenters. The summed E-state index contributed by atoms with van der Waals surface area (Å²) in [6.07, 6.45) is 9.15. The maximum Gasteiger partial charge on any atom is 0.0992 e. The Kier molecular flexibility index (Phi) is 3.47. The number of nitrogens with one attached hydrogen (secondary N) is 1. The summed E-state index contributed by atoms with van der Waals surface area (Å²) in [7, 11) is 0. The number of benzene rings is 1. The molecule has 0 spiro atoms. The standard InChI is InChI=1S/C16H20ClN3/c1-16(2)7-6-12(10-16)19-14-5-3-4-13(17)15(14)20-9-8-18-11-20/h3-5,8-9,11-12,19H,6-7,10H2,1-2H3. The van der Waals surface area contributed by atoms with Gasteiger partial charge in [0.25, 0.3) is 0 Å². The molecule has 1 heterocycles. The zero-order valence-corrected chi connectivity index (χ0v) is 12.7. The van der Waals surface area contributed by atoms with Crippen LogP contribution in [0.25, 0.3) is 5.69 Å². The van der Waals surface area contributed by atoms with Crippen molar-refractivity contribution in [2.45, 2.75) is 39.2 Å². The average Bonchev–Trinajstić information content (AvgIpc) is 2.99. The van der Waals surface area contributed by atoms with Gasteiger partial charge < -0.3 is 9.88 Å². The number of para-hydroxylation sites is 1. The third-order valence-electron chi connectivity index (χ3n) is 4.08. The molecule has 1 aliphatic rings. The summed E-state index contributed by atoms with van der Waals surface area (Å²) in [5.74, 6) is 0. The van der Waals surface area contributed by atoms with Crippen molar-refractivity contribution in [3.63, 3.8) is 0 Å². The van der Waals surface area contributed by atoms with Crippen molar-refractivity contribution in [1.82, 2.24) is 9.55 Å². The summed E-state index contributed by atoms with van der Waals surface area (Å²) < 4.78 is 1.96. The molecule has 1 aromatic carbocycles. The second kappa shape index (κ2) is 5.13. The molecule has 2 aromatic rings. The van der Waals surface area contributed by atoms with Gasteiger partial charge in [-0.25, -0.2) is 4.98 Å². The highest BCUT2D eigenvalue weighted by Crippen LogP contribution is 2.39. The lowest BCUT2D eigenvalue weighted by Gasteiger charge is -2.21. The van der Waals surface area contributed by atoms with E-state index in [-0.39, 0.29) is 0 Å². The van der Waals surface area contributed by atoms with Crippen molar-refractivity contribution in [2.24, 2.45) is 5.41 Å². The number of nitrogens with zero attached hydrogens (tertiary/aromatic N) is 2. The highest BCUT2D eigenvalue weighted by Gasteiger charge is 2.31. The van der Waals surface area contributed by atoms with Crippen molar-refractivity contribution in [1.29, 1.82) is 0 Å². The number of imidazole rings is 1. The lowest BCUT2D eigenvalue weighted by atomic mass is 9.92. The van der Waals surface area contributed by atoms with E-state index in [1.54, 1.807) is 12.5 Å². The number of halogens is 1. The van der Waals surface area contributed by atoms with Gasteiger partial charge in [-0.1, -0.05) is 31.5 Å². The molecule has 1 fully saturated rings. The van der Waals surface area contributed by atoms with E-state index in [0.717, 1.165) is 16.4 Å². The highest BCUT2D eigenvalue weighted by molar-refractivity contribution is 6.33. The van der Waals surface area contributed by atoms with Crippen molar-refractivity contribution in [2.75, 3.05) is 5.32 Å². The summed E-state index contributed by atoms with van der Waals surface area (Å²) >= 11 is 6.37. The molecule has 3 rings (SSSR count). The molecule has 3 nitrogen and oxygen atoms in total. The third-order valence-corrected chi connectivity index (χ3v) is 4.38. The van der Waals surface area contributed by atoms with E-state index in [2.05, 4.69) is 30.2 Å². The minimum atomic E-state index is 0.436. The van der Waals surface area contributed by atoms with Gasteiger partial charge in [-0.2, -0.15) is 0 Å². The largest absolute Gasteiger partial charge is 0.381 e. The smallest absolute Gasteiger partial charge is 0.0992 e. The summed E-state index contributed by atoms with van der Waals surface area (Å²) in [6, 6.07) is 6.52. The van der Waals surface area contributed by atoms with Crippen LogP contribution in [0.4, 0.5) is 5.69 Å². The molecule has 0 bridgehead atoms. The van der Waals surface area contributed by atoms with Crippen LogP contribution < -0.4 is 5.32 Å². The molecule has 0 radical (unpaired) electrons. The van der Waals surface area contributed by atoms with E-state index in [1.807, 2.05) is 22.9 Å². The van der Waals surface area contributed by atoms with Crippen LogP contribution >= 0.6 is 11.6 Å². The molecule has 0 aliphatic heterocycles. The Morgan fingerprint density at radius 1 is 1.40 bits per heavy atom. The lowest BCUT2D eigenvalue weighted by molar-refractivity contribution is 0.378. The zero-order chi connectivity index (χ0) is 14.2. The second-order valence-corrected chi connectivity index (χ2v) is 6.76. The van der Waals surface area contributed by atoms with Gasteiger partial charge >= 0.3 is 0 Å². The fraction of sp³-hybridized carbons (Fsp3) is 0.438. The summed E-state index contributed by atoms with van der Waals surface area (Å²) in [6.45, 7) is 4.67. The minimum Gasteiger partial charge on any atom is -0.381 e. The lowest BCUT2D eigenvalue weighted by Crippen LogP contribution is -2.18. The molecule has 1 aromatic heterocycles. The highest BCUT2D eigenvalue weighted by atomic mass is 35.5. The van der Waals surface area contributed by atoms with Gasteiger partial charge in [0.2, 0.25) is 0 Å². The van der Waals surface area contributed by atoms with Crippen LogP contribution in [0.3, 0.4) is 0 Å². The van der Waals surface area contributed by atoms with Crippen LogP contribution in [0.1, 0.15) is 33.1 Å². The first-order valence-corrected chi connectivity index (χ1v) is 7.46. The van der Waals surface area contributed by atoms with E-state index in [9.17, 15) is 0 Å². The number of hydrogen-bond donors (Lipinski definition) is 1. The first-order chi connectivity index (χ1) is 9.55. The molecule has 0 amide bonds. The quantitative estimate of drug-likeness (QED) is 0.900. The number of hydrogen-bond acceptors (Lipinski definition) is 2. The first kappa shape index (κ1) is 13.5. The van der Waals surface area contributed by atoms with Gasteiger partial charge in [-0.3, -0.25) is 0 Å². The fourth-order valence-corrected chi connectivity index (χ4v) is 3.34. The van der Waals surface area contributed by atoms with Crippen LogP contribution in [0, 0.1) is 5.41 Å². The van der Waals surface area contributed by atoms with Crippen LogP contribution in [0.2, 0.25) is 5.02 Å². The Morgan fingerprint density at radius 2 is 2.25 bits per heavy atom.